The van der Waals surface area contributed by atoms with E-state index < -0.39 is 0 Å². The summed E-state index contributed by atoms with van der Waals surface area (Å²) >= 11 is 0. The summed E-state index contributed by atoms with van der Waals surface area (Å²) in [6.45, 7) is 9.71. The minimum absolute atomic E-state index is 0.299. The fourth-order valence-electron chi connectivity index (χ4n) is 0.801. The second-order valence-electron chi connectivity index (χ2n) is 2.96. The quantitative estimate of drug-likeness (QED) is 0.269. The highest BCUT2D eigenvalue weighted by molar-refractivity contribution is 5.87. The molecule has 78 valence electrons. The molecule has 0 spiro atoms. The van der Waals surface area contributed by atoms with Crippen molar-refractivity contribution < 1.29 is 9.53 Å². The SMILES string of the molecule is C=CC=CCC(=C)C(=O)OCCCC. The molecule has 0 atom stereocenters. The van der Waals surface area contributed by atoms with Gasteiger partial charge in [-0.15, -0.1) is 0 Å². The first kappa shape index (κ1) is 12.7. The van der Waals surface area contributed by atoms with Crippen LogP contribution in [0.3, 0.4) is 0 Å². The van der Waals surface area contributed by atoms with Crippen LogP contribution in [0, 0.1) is 0 Å². The summed E-state index contributed by atoms with van der Waals surface area (Å²) in [7, 11) is 0. The third kappa shape index (κ3) is 6.23. The van der Waals surface area contributed by atoms with Gasteiger partial charge in [0.15, 0.2) is 0 Å². The fourth-order valence-corrected chi connectivity index (χ4v) is 0.801. The van der Waals surface area contributed by atoms with Crippen molar-refractivity contribution in [1.82, 2.24) is 0 Å². The van der Waals surface area contributed by atoms with E-state index in [-0.39, 0.29) is 5.97 Å². The third-order valence-corrected chi connectivity index (χ3v) is 1.66. The van der Waals surface area contributed by atoms with E-state index >= 15 is 0 Å². The van der Waals surface area contributed by atoms with Crippen molar-refractivity contribution in [2.75, 3.05) is 6.61 Å². The largest absolute Gasteiger partial charge is 0.462 e. The van der Waals surface area contributed by atoms with Gasteiger partial charge in [-0.1, -0.05) is 44.7 Å². The molecule has 2 nitrogen and oxygen atoms in total. The van der Waals surface area contributed by atoms with Crippen molar-refractivity contribution >= 4 is 5.97 Å². The van der Waals surface area contributed by atoms with Crippen LogP contribution in [0.1, 0.15) is 26.2 Å². The Morgan fingerprint density at radius 3 is 2.79 bits per heavy atom. The van der Waals surface area contributed by atoms with Gasteiger partial charge in [0.2, 0.25) is 0 Å². The molecule has 0 saturated carbocycles. The summed E-state index contributed by atoms with van der Waals surface area (Å²) in [5.41, 5.74) is 0.485. The van der Waals surface area contributed by atoms with Crippen LogP contribution in [0.15, 0.2) is 37.0 Å². The number of ether oxygens (including phenoxy) is 1. The van der Waals surface area contributed by atoms with E-state index in [0.717, 1.165) is 12.8 Å². The highest BCUT2D eigenvalue weighted by atomic mass is 16.5. The van der Waals surface area contributed by atoms with Crippen molar-refractivity contribution in [2.24, 2.45) is 0 Å². The van der Waals surface area contributed by atoms with Crippen molar-refractivity contribution in [3.05, 3.63) is 37.0 Å². The molecule has 0 aromatic rings. The molecule has 0 bridgehead atoms. The summed E-state index contributed by atoms with van der Waals surface area (Å²) in [6.07, 6.45) is 7.73. The molecule has 0 rings (SSSR count). The summed E-state index contributed by atoms with van der Waals surface area (Å²) in [6, 6.07) is 0. The van der Waals surface area contributed by atoms with E-state index in [1.165, 1.54) is 0 Å². The zero-order valence-corrected chi connectivity index (χ0v) is 8.79. The van der Waals surface area contributed by atoms with Gasteiger partial charge in [0.25, 0.3) is 0 Å². The van der Waals surface area contributed by atoms with Gasteiger partial charge in [-0.3, -0.25) is 0 Å². The van der Waals surface area contributed by atoms with Crippen LogP contribution in [-0.2, 0) is 9.53 Å². The second kappa shape index (κ2) is 8.30. The van der Waals surface area contributed by atoms with Gasteiger partial charge in [-0.05, 0) is 12.8 Å². The molecule has 0 aromatic carbocycles. The second-order valence-corrected chi connectivity index (χ2v) is 2.96. The van der Waals surface area contributed by atoms with E-state index in [1.807, 2.05) is 6.08 Å². The molecule has 0 N–H and O–H groups in total. The topological polar surface area (TPSA) is 26.3 Å². The van der Waals surface area contributed by atoms with E-state index in [9.17, 15) is 4.79 Å². The van der Waals surface area contributed by atoms with Gasteiger partial charge in [-0.25, -0.2) is 4.79 Å². The van der Waals surface area contributed by atoms with Gasteiger partial charge >= 0.3 is 5.97 Å². The van der Waals surface area contributed by atoms with Gasteiger partial charge in [0, 0.05) is 5.57 Å². The number of rotatable bonds is 7. The lowest BCUT2D eigenvalue weighted by molar-refractivity contribution is -0.139. The molecule has 14 heavy (non-hydrogen) atoms. The van der Waals surface area contributed by atoms with Crippen LogP contribution in [0.25, 0.3) is 0 Å². The molecule has 0 heterocycles. The highest BCUT2D eigenvalue weighted by Gasteiger charge is 2.05. The first-order valence-electron chi connectivity index (χ1n) is 4.84. The predicted octanol–water partition coefficient (Wildman–Crippen LogP) is 3.02. The molecule has 0 aliphatic heterocycles. The maximum atomic E-state index is 11.2. The minimum Gasteiger partial charge on any atom is -0.462 e. The van der Waals surface area contributed by atoms with Crippen molar-refractivity contribution in [3.63, 3.8) is 0 Å². The van der Waals surface area contributed by atoms with Gasteiger partial charge in [-0.2, -0.15) is 0 Å². The Morgan fingerprint density at radius 1 is 1.50 bits per heavy atom. The molecule has 0 unspecified atom stereocenters. The van der Waals surface area contributed by atoms with Crippen LogP contribution in [0.2, 0.25) is 0 Å². The Morgan fingerprint density at radius 2 is 2.21 bits per heavy atom. The first-order chi connectivity index (χ1) is 6.72. The standard InChI is InChI=1S/C12H18O2/c1-4-6-8-9-11(3)12(13)14-10-7-5-2/h4,6,8H,1,3,5,7,9-10H2,2H3. The average Bonchev–Trinajstić information content (AvgIpc) is 2.18. The van der Waals surface area contributed by atoms with E-state index in [2.05, 4.69) is 20.1 Å². The van der Waals surface area contributed by atoms with E-state index in [1.54, 1.807) is 12.2 Å². The zero-order chi connectivity index (χ0) is 10.8. The number of carbonyl (C=O) groups is 1. The van der Waals surface area contributed by atoms with Crippen molar-refractivity contribution in [2.45, 2.75) is 26.2 Å². The molecular weight excluding hydrogens is 176 g/mol. The monoisotopic (exact) mass is 194 g/mol. The molecule has 0 amide bonds. The molecule has 0 radical (unpaired) electrons. The minimum atomic E-state index is -0.299. The summed E-state index contributed by atoms with van der Waals surface area (Å²) in [5, 5.41) is 0. The number of hydrogen-bond donors (Lipinski definition) is 0. The normalized spacial score (nSPS) is 10.1. The maximum Gasteiger partial charge on any atom is 0.333 e. The van der Waals surface area contributed by atoms with Crippen molar-refractivity contribution in [1.29, 1.82) is 0 Å². The fraction of sp³-hybridized carbons (Fsp3) is 0.417. The Balaban J connectivity index is 3.70. The number of carbonyl (C=O) groups excluding carboxylic acids is 1. The van der Waals surface area contributed by atoms with E-state index in [4.69, 9.17) is 4.74 Å². The van der Waals surface area contributed by atoms with Crippen molar-refractivity contribution in [3.8, 4) is 0 Å². The van der Waals surface area contributed by atoms with Crippen LogP contribution in [0.4, 0.5) is 0 Å². The molecule has 0 fully saturated rings. The number of hydrogen-bond acceptors (Lipinski definition) is 2. The van der Waals surface area contributed by atoms with Gasteiger partial charge < -0.3 is 4.74 Å². The Kier molecular flexibility index (Phi) is 7.52. The van der Waals surface area contributed by atoms with Crippen LogP contribution >= 0.6 is 0 Å². The van der Waals surface area contributed by atoms with Gasteiger partial charge in [0.1, 0.15) is 0 Å². The molecule has 0 saturated heterocycles. The van der Waals surface area contributed by atoms with Crippen LogP contribution < -0.4 is 0 Å². The predicted molar refractivity (Wildman–Crippen MR) is 59.0 cm³/mol. The zero-order valence-electron chi connectivity index (χ0n) is 8.79. The first-order valence-corrected chi connectivity index (χ1v) is 4.84. The van der Waals surface area contributed by atoms with Crippen LogP contribution in [-0.4, -0.2) is 12.6 Å². The molecule has 0 aromatic heterocycles. The van der Waals surface area contributed by atoms with Gasteiger partial charge in [0.05, 0.1) is 6.61 Å². The highest BCUT2D eigenvalue weighted by Crippen LogP contribution is 2.03. The smallest absolute Gasteiger partial charge is 0.333 e. The summed E-state index contributed by atoms with van der Waals surface area (Å²) in [4.78, 5) is 11.2. The average molecular weight is 194 g/mol. The Hall–Kier alpha value is -1.31. The van der Waals surface area contributed by atoms with E-state index in [0.29, 0.717) is 18.6 Å². The molecule has 0 aliphatic rings. The number of allylic oxidation sites excluding steroid dienone is 3. The molecular formula is C12H18O2. The third-order valence-electron chi connectivity index (χ3n) is 1.66. The lowest BCUT2D eigenvalue weighted by atomic mass is 10.2. The Bertz CT molecular complexity index is 226. The molecule has 0 aliphatic carbocycles. The number of unbranched alkanes of at least 4 members (excludes halogenated alkanes) is 1. The summed E-state index contributed by atoms with van der Waals surface area (Å²) < 4.78 is 4.98. The lowest BCUT2D eigenvalue weighted by Gasteiger charge is -2.03. The molecule has 2 heteroatoms. The maximum absolute atomic E-state index is 11.2. The van der Waals surface area contributed by atoms with Crippen LogP contribution in [0.5, 0.6) is 0 Å². The number of esters is 1. The lowest BCUT2D eigenvalue weighted by Crippen LogP contribution is -2.07. The Labute approximate surface area is 86.0 Å². The summed E-state index contributed by atoms with van der Waals surface area (Å²) in [5.74, 6) is -0.299.